The molecule has 5 heteroatoms. The lowest BCUT2D eigenvalue weighted by Gasteiger charge is -2.09. The van der Waals surface area contributed by atoms with E-state index in [2.05, 4.69) is 9.97 Å². The van der Waals surface area contributed by atoms with Crippen LogP contribution in [0.1, 0.15) is 16.1 Å². The average molecular weight is 211 g/mol. The number of likely N-dealkylation sites (N-methyl/N-ethyl adjacent to an activating group) is 1. The average Bonchev–Trinajstić information content (AvgIpc) is 2.01. The summed E-state index contributed by atoms with van der Waals surface area (Å²) in [6.07, 6.45) is 1.53. The van der Waals surface area contributed by atoms with Gasteiger partial charge < -0.3 is 9.88 Å². The van der Waals surface area contributed by atoms with Crippen LogP contribution in [0, 0.1) is 11.7 Å². The van der Waals surface area contributed by atoms with E-state index in [1.54, 1.807) is 0 Å². The van der Waals surface area contributed by atoms with Crippen LogP contribution in [-0.4, -0.2) is 41.3 Å². The van der Waals surface area contributed by atoms with Gasteiger partial charge in [-0.05, 0) is 33.2 Å². The van der Waals surface area contributed by atoms with Crippen LogP contribution in [0.3, 0.4) is 0 Å². The molecule has 1 aromatic rings. The molecule has 4 nitrogen and oxygen atoms in total. The van der Waals surface area contributed by atoms with Crippen molar-refractivity contribution in [3.63, 3.8) is 0 Å². The molecule has 0 amide bonds. The van der Waals surface area contributed by atoms with Gasteiger partial charge in [-0.25, -0.2) is 4.98 Å². The van der Waals surface area contributed by atoms with E-state index < -0.39 is 0 Å². The molecule has 0 spiro atoms. The van der Waals surface area contributed by atoms with Gasteiger partial charge in [0.1, 0.15) is 0 Å². The summed E-state index contributed by atoms with van der Waals surface area (Å²) in [4.78, 5) is 20.2. The minimum Gasteiger partial charge on any atom is -0.334 e. The Morgan fingerprint density at radius 2 is 2.29 bits per heavy atom. The zero-order valence-electron chi connectivity index (χ0n) is 8.50. The van der Waals surface area contributed by atoms with Crippen LogP contribution in [0.2, 0.25) is 0 Å². The zero-order valence-corrected chi connectivity index (χ0v) is 9.31. The van der Waals surface area contributed by atoms with E-state index in [1.165, 1.54) is 6.20 Å². The van der Waals surface area contributed by atoms with E-state index in [0.717, 1.165) is 5.69 Å². The third-order valence-corrected chi connectivity index (χ3v) is 1.98. The highest BCUT2D eigenvalue weighted by Gasteiger charge is 2.10. The second-order valence-corrected chi connectivity index (χ2v) is 3.77. The molecule has 0 saturated carbocycles. The van der Waals surface area contributed by atoms with Crippen LogP contribution >= 0.6 is 12.2 Å². The molecule has 0 unspecified atom stereocenters. The van der Waals surface area contributed by atoms with Crippen molar-refractivity contribution in [3.8, 4) is 0 Å². The fourth-order valence-electron chi connectivity index (χ4n) is 1.13. The second kappa shape index (κ2) is 4.43. The first-order valence-corrected chi connectivity index (χ1v) is 4.65. The number of nitrogens with zero attached hydrogens (tertiary/aromatic N) is 2. The maximum atomic E-state index is 11.7. The maximum absolute atomic E-state index is 11.7. The van der Waals surface area contributed by atoms with Gasteiger partial charge in [-0.2, -0.15) is 0 Å². The summed E-state index contributed by atoms with van der Waals surface area (Å²) < 4.78 is 0.406. The topological polar surface area (TPSA) is 49.0 Å². The van der Waals surface area contributed by atoms with Gasteiger partial charge in [0, 0.05) is 11.9 Å². The first kappa shape index (κ1) is 11.0. The number of aryl methyl sites for hydroxylation is 1. The van der Waals surface area contributed by atoms with Crippen molar-refractivity contribution < 1.29 is 4.79 Å². The van der Waals surface area contributed by atoms with Gasteiger partial charge in [0.2, 0.25) is 0 Å². The summed E-state index contributed by atoms with van der Waals surface area (Å²) in [6.45, 7) is 2.20. The Morgan fingerprint density at radius 3 is 2.79 bits per heavy atom. The van der Waals surface area contributed by atoms with Crippen LogP contribution in [0.25, 0.3) is 0 Å². The molecule has 0 aliphatic carbocycles. The van der Waals surface area contributed by atoms with Crippen molar-refractivity contribution in [2.24, 2.45) is 0 Å². The highest BCUT2D eigenvalue weighted by molar-refractivity contribution is 7.71. The minimum atomic E-state index is 0.0475. The molecule has 76 valence electrons. The Hall–Kier alpha value is -1.07. The Kier molecular flexibility index (Phi) is 3.49. The SMILES string of the molecule is Cc1[nH]c(=S)ncc1C(=O)CN(C)C. The molecule has 14 heavy (non-hydrogen) atoms. The number of rotatable bonds is 3. The van der Waals surface area contributed by atoms with Crippen LogP contribution in [0.4, 0.5) is 0 Å². The van der Waals surface area contributed by atoms with Gasteiger partial charge in [0.15, 0.2) is 10.6 Å². The Labute approximate surface area is 88.0 Å². The Balaban J connectivity index is 2.96. The third kappa shape index (κ3) is 2.71. The van der Waals surface area contributed by atoms with Crippen molar-refractivity contribution in [1.82, 2.24) is 14.9 Å². The lowest BCUT2D eigenvalue weighted by molar-refractivity contribution is 0.0956. The van der Waals surface area contributed by atoms with Crippen molar-refractivity contribution in [1.29, 1.82) is 0 Å². The summed E-state index contributed by atoms with van der Waals surface area (Å²) in [7, 11) is 3.71. The molecule has 0 radical (unpaired) electrons. The molecule has 1 rings (SSSR count). The van der Waals surface area contributed by atoms with E-state index in [1.807, 2.05) is 25.9 Å². The lowest BCUT2D eigenvalue weighted by Crippen LogP contribution is -2.22. The van der Waals surface area contributed by atoms with Gasteiger partial charge in [-0.15, -0.1) is 0 Å². The van der Waals surface area contributed by atoms with Crippen molar-refractivity contribution in [2.75, 3.05) is 20.6 Å². The summed E-state index contributed by atoms with van der Waals surface area (Å²) in [5.41, 5.74) is 1.38. The van der Waals surface area contributed by atoms with E-state index in [4.69, 9.17) is 12.2 Å². The quantitative estimate of drug-likeness (QED) is 0.602. The molecule has 0 fully saturated rings. The molecule has 0 aliphatic heterocycles. The highest BCUT2D eigenvalue weighted by atomic mass is 32.1. The predicted octanol–water partition coefficient (Wildman–Crippen LogP) is 1.19. The molecule has 1 heterocycles. The van der Waals surface area contributed by atoms with Crippen LogP contribution in [0.15, 0.2) is 6.20 Å². The Bertz CT molecular complexity index is 397. The normalized spacial score (nSPS) is 10.6. The van der Waals surface area contributed by atoms with Gasteiger partial charge >= 0.3 is 0 Å². The molecule has 0 saturated heterocycles. The molecule has 0 aromatic carbocycles. The van der Waals surface area contributed by atoms with Crippen LogP contribution in [0.5, 0.6) is 0 Å². The highest BCUT2D eigenvalue weighted by Crippen LogP contribution is 2.03. The number of carbonyl (C=O) groups excluding carboxylic acids is 1. The monoisotopic (exact) mass is 211 g/mol. The molecular weight excluding hydrogens is 198 g/mol. The number of aromatic amines is 1. The second-order valence-electron chi connectivity index (χ2n) is 3.39. The van der Waals surface area contributed by atoms with E-state index in [9.17, 15) is 4.79 Å². The first-order chi connectivity index (χ1) is 6.50. The predicted molar refractivity (Wildman–Crippen MR) is 57.0 cm³/mol. The molecule has 0 atom stereocenters. The lowest BCUT2D eigenvalue weighted by atomic mass is 10.1. The third-order valence-electron chi connectivity index (χ3n) is 1.77. The van der Waals surface area contributed by atoms with Crippen molar-refractivity contribution >= 4 is 18.0 Å². The van der Waals surface area contributed by atoms with Crippen molar-refractivity contribution in [3.05, 3.63) is 22.2 Å². The maximum Gasteiger partial charge on any atom is 0.196 e. The van der Waals surface area contributed by atoms with Crippen molar-refractivity contribution in [2.45, 2.75) is 6.92 Å². The van der Waals surface area contributed by atoms with Crippen LogP contribution < -0.4 is 0 Å². The molecule has 0 bridgehead atoms. The van der Waals surface area contributed by atoms with Crippen LogP contribution in [-0.2, 0) is 0 Å². The molecule has 1 aromatic heterocycles. The number of nitrogens with one attached hydrogen (secondary N) is 1. The largest absolute Gasteiger partial charge is 0.334 e. The van der Waals surface area contributed by atoms with E-state index >= 15 is 0 Å². The summed E-state index contributed by atoms with van der Waals surface area (Å²) in [6, 6.07) is 0. The number of hydrogen-bond donors (Lipinski definition) is 1. The first-order valence-electron chi connectivity index (χ1n) is 4.24. The van der Waals surface area contributed by atoms with Gasteiger partial charge in [0.05, 0.1) is 12.1 Å². The molecule has 0 aliphatic rings. The van der Waals surface area contributed by atoms with Gasteiger partial charge in [-0.1, -0.05) is 0 Å². The standard InChI is InChI=1S/C9H13N3OS/c1-6-7(4-10-9(14)11-6)8(13)5-12(2)3/h4H,5H2,1-3H3,(H,10,11,14). The fraction of sp³-hybridized carbons (Fsp3) is 0.444. The summed E-state index contributed by atoms with van der Waals surface area (Å²) in [5.74, 6) is 0.0475. The molecular formula is C9H13N3OS. The minimum absolute atomic E-state index is 0.0475. The van der Waals surface area contributed by atoms with Gasteiger partial charge in [0.25, 0.3) is 0 Å². The number of carbonyl (C=O) groups is 1. The number of aromatic nitrogens is 2. The zero-order chi connectivity index (χ0) is 10.7. The summed E-state index contributed by atoms with van der Waals surface area (Å²) in [5, 5.41) is 0. The smallest absolute Gasteiger partial charge is 0.196 e. The fourth-order valence-corrected chi connectivity index (χ4v) is 1.34. The molecule has 1 N–H and O–H groups in total. The number of Topliss-reactive ketones (excluding diaryl/α,β-unsaturated/α-hetero) is 1. The summed E-state index contributed by atoms with van der Waals surface area (Å²) >= 11 is 4.85. The Morgan fingerprint density at radius 1 is 1.64 bits per heavy atom. The number of hydrogen-bond acceptors (Lipinski definition) is 4. The van der Waals surface area contributed by atoms with E-state index in [0.29, 0.717) is 16.9 Å². The number of H-pyrrole nitrogens is 1. The number of ketones is 1. The van der Waals surface area contributed by atoms with Gasteiger partial charge in [-0.3, -0.25) is 4.79 Å². The van der Waals surface area contributed by atoms with E-state index in [-0.39, 0.29) is 5.78 Å².